The highest BCUT2D eigenvalue weighted by Crippen LogP contribution is 2.22. The molecular weight excluding hydrogens is 236 g/mol. The lowest BCUT2D eigenvalue weighted by molar-refractivity contribution is 0.242. The zero-order chi connectivity index (χ0) is 13.7. The van der Waals surface area contributed by atoms with Crippen molar-refractivity contribution in [2.45, 2.75) is 45.3 Å². The molecule has 0 aliphatic carbocycles. The number of hydrogen-bond acceptors (Lipinski definition) is 3. The van der Waals surface area contributed by atoms with Gasteiger partial charge in [-0.1, -0.05) is 12.1 Å². The van der Waals surface area contributed by atoms with Gasteiger partial charge >= 0.3 is 0 Å². The Morgan fingerprint density at radius 1 is 1.32 bits per heavy atom. The second kappa shape index (κ2) is 6.92. The number of nitrogens with two attached hydrogens (primary N) is 1. The minimum absolute atomic E-state index is 0.237. The maximum atomic E-state index is 5.67. The average molecular weight is 262 g/mol. The normalized spacial score (nSPS) is 20.1. The van der Waals surface area contributed by atoms with Crippen molar-refractivity contribution in [1.29, 1.82) is 0 Å². The van der Waals surface area contributed by atoms with Crippen molar-refractivity contribution in [3.8, 4) is 5.75 Å². The Morgan fingerprint density at radius 3 is 2.68 bits per heavy atom. The second-order valence-electron chi connectivity index (χ2n) is 5.64. The van der Waals surface area contributed by atoms with Gasteiger partial charge in [-0.15, -0.1) is 0 Å². The first-order valence-electron chi connectivity index (χ1n) is 7.38. The third-order valence-corrected chi connectivity index (χ3v) is 3.68. The summed E-state index contributed by atoms with van der Waals surface area (Å²) in [6.07, 6.45) is 3.96. The Labute approximate surface area is 116 Å². The molecule has 0 aromatic heterocycles. The highest BCUT2D eigenvalue weighted by molar-refractivity contribution is 5.28. The van der Waals surface area contributed by atoms with E-state index in [1.807, 2.05) is 0 Å². The number of hydrogen-bond donors (Lipinski definition) is 1. The summed E-state index contributed by atoms with van der Waals surface area (Å²) >= 11 is 0. The number of rotatable bonds is 6. The van der Waals surface area contributed by atoms with Crippen molar-refractivity contribution in [3.05, 3.63) is 29.8 Å². The maximum Gasteiger partial charge on any atom is 0.119 e. The summed E-state index contributed by atoms with van der Waals surface area (Å²) in [5.41, 5.74) is 7.07. The first-order valence-corrected chi connectivity index (χ1v) is 7.38. The minimum atomic E-state index is 0.237. The fraction of sp³-hybridized carbons (Fsp3) is 0.625. The number of likely N-dealkylation sites (tertiary alicyclic amines) is 1. The van der Waals surface area contributed by atoms with Crippen molar-refractivity contribution < 1.29 is 4.74 Å². The molecule has 0 bridgehead atoms. The number of nitrogens with zero attached hydrogens (tertiary/aromatic N) is 1. The molecule has 1 aliphatic rings. The molecule has 1 atom stereocenters. The van der Waals surface area contributed by atoms with Crippen molar-refractivity contribution in [2.24, 2.45) is 5.73 Å². The Hall–Kier alpha value is -1.06. The predicted molar refractivity (Wildman–Crippen MR) is 79.6 cm³/mol. The molecule has 1 aliphatic heterocycles. The Balaban J connectivity index is 1.91. The SMILES string of the molecule is CC(C)Oc1ccc(CC2CCCN2CCN)cc1. The van der Waals surface area contributed by atoms with Crippen LogP contribution in [0, 0.1) is 0 Å². The third-order valence-electron chi connectivity index (χ3n) is 3.68. The van der Waals surface area contributed by atoms with Crippen molar-refractivity contribution >= 4 is 0 Å². The van der Waals surface area contributed by atoms with Gasteiger partial charge in [0.1, 0.15) is 5.75 Å². The molecule has 1 heterocycles. The molecule has 2 N–H and O–H groups in total. The predicted octanol–water partition coefficient (Wildman–Crippen LogP) is 2.44. The molecule has 1 aromatic carbocycles. The lowest BCUT2D eigenvalue weighted by atomic mass is 10.0. The van der Waals surface area contributed by atoms with E-state index in [0.29, 0.717) is 6.04 Å². The number of ether oxygens (including phenoxy) is 1. The van der Waals surface area contributed by atoms with Gasteiger partial charge < -0.3 is 10.5 Å². The molecule has 19 heavy (non-hydrogen) atoms. The highest BCUT2D eigenvalue weighted by atomic mass is 16.5. The van der Waals surface area contributed by atoms with E-state index in [4.69, 9.17) is 10.5 Å². The number of benzene rings is 1. The zero-order valence-electron chi connectivity index (χ0n) is 12.1. The molecular formula is C16H26N2O. The highest BCUT2D eigenvalue weighted by Gasteiger charge is 2.23. The van der Waals surface area contributed by atoms with E-state index >= 15 is 0 Å². The molecule has 0 spiro atoms. The molecule has 3 heteroatoms. The Morgan fingerprint density at radius 2 is 2.05 bits per heavy atom. The van der Waals surface area contributed by atoms with Gasteiger partial charge in [0, 0.05) is 19.1 Å². The Kier molecular flexibility index (Phi) is 5.23. The minimum Gasteiger partial charge on any atom is -0.491 e. The quantitative estimate of drug-likeness (QED) is 0.856. The van der Waals surface area contributed by atoms with Gasteiger partial charge in [0.05, 0.1) is 6.10 Å². The maximum absolute atomic E-state index is 5.67. The van der Waals surface area contributed by atoms with E-state index in [9.17, 15) is 0 Å². The monoisotopic (exact) mass is 262 g/mol. The van der Waals surface area contributed by atoms with Crippen molar-refractivity contribution in [3.63, 3.8) is 0 Å². The van der Waals surface area contributed by atoms with Crippen molar-refractivity contribution in [1.82, 2.24) is 4.90 Å². The van der Waals surface area contributed by atoms with Crippen LogP contribution >= 0.6 is 0 Å². The van der Waals surface area contributed by atoms with E-state index in [1.54, 1.807) is 0 Å². The standard InChI is InChI=1S/C16H26N2O/c1-13(2)19-16-7-5-14(6-8-16)12-15-4-3-10-18(15)11-9-17/h5-8,13,15H,3-4,9-12,17H2,1-2H3. The van der Waals surface area contributed by atoms with Crippen LogP contribution < -0.4 is 10.5 Å². The molecule has 106 valence electrons. The van der Waals surface area contributed by atoms with Crippen molar-refractivity contribution in [2.75, 3.05) is 19.6 Å². The molecule has 1 fully saturated rings. The topological polar surface area (TPSA) is 38.5 Å². The first kappa shape index (κ1) is 14.4. The van der Waals surface area contributed by atoms with Gasteiger partial charge in [-0.05, 0) is 57.4 Å². The summed E-state index contributed by atoms with van der Waals surface area (Å²) in [4.78, 5) is 2.53. The molecule has 3 nitrogen and oxygen atoms in total. The second-order valence-corrected chi connectivity index (χ2v) is 5.64. The molecule has 0 saturated carbocycles. The van der Waals surface area contributed by atoms with Crippen LogP contribution in [0.4, 0.5) is 0 Å². The van der Waals surface area contributed by atoms with Crippen LogP contribution in [0.3, 0.4) is 0 Å². The van der Waals surface area contributed by atoms with Gasteiger partial charge in [-0.25, -0.2) is 0 Å². The zero-order valence-corrected chi connectivity index (χ0v) is 12.1. The smallest absolute Gasteiger partial charge is 0.119 e. The molecule has 1 saturated heterocycles. The summed E-state index contributed by atoms with van der Waals surface area (Å²) in [6, 6.07) is 9.21. The summed E-state index contributed by atoms with van der Waals surface area (Å²) in [5, 5.41) is 0. The fourth-order valence-corrected chi connectivity index (χ4v) is 2.83. The summed E-state index contributed by atoms with van der Waals surface area (Å²) < 4.78 is 5.67. The van der Waals surface area contributed by atoms with Gasteiger partial charge in [-0.3, -0.25) is 4.90 Å². The van der Waals surface area contributed by atoms with E-state index in [-0.39, 0.29) is 6.10 Å². The summed E-state index contributed by atoms with van der Waals surface area (Å²) in [7, 11) is 0. The van der Waals surface area contributed by atoms with Crippen LogP contribution in [0.2, 0.25) is 0 Å². The lowest BCUT2D eigenvalue weighted by Gasteiger charge is -2.23. The molecule has 1 unspecified atom stereocenters. The van der Waals surface area contributed by atoms with E-state index in [0.717, 1.165) is 25.3 Å². The van der Waals surface area contributed by atoms with Crippen LogP contribution in [0.15, 0.2) is 24.3 Å². The van der Waals surface area contributed by atoms with E-state index < -0.39 is 0 Å². The lowest BCUT2D eigenvalue weighted by Crippen LogP contribution is -2.35. The van der Waals surface area contributed by atoms with Gasteiger partial charge in [-0.2, -0.15) is 0 Å². The fourth-order valence-electron chi connectivity index (χ4n) is 2.83. The van der Waals surface area contributed by atoms with E-state index in [1.165, 1.54) is 24.9 Å². The average Bonchev–Trinajstić information content (AvgIpc) is 2.79. The molecule has 2 rings (SSSR count). The van der Waals surface area contributed by atoms with Crippen LogP contribution in [0.1, 0.15) is 32.3 Å². The third kappa shape index (κ3) is 4.22. The molecule has 0 amide bonds. The van der Waals surface area contributed by atoms with E-state index in [2.05, 4.69) is 43.0 Å². The van der Waals surface area contributed by atoms with Gasteiger partial charge in [0.2, 0.25) is 0 Å². The molecule has 0 radical (unpaired) electrons. The van der Waals surface area contributed by atoms with Crippen LogP contribution in [0.25, 0.3) is 0 Å². The van der Waals surface area contributed by atoms with Gasteiger partial charge in [0.25, 0.3) is 0 Å². The molecule has 1 aromatic rings. The van der Waals surface area contributed by atoms with Crippen LogP contribution in [0.5, 0.6) is 5.75 Å². The summed E-state index contributed by atoms with van der Waals surface area (Å²) in [5.74, 6) is 0.962. The van der Waals surface area contributed by atoms with Crippen LogP contribution in [-0.4, -0.2) is 36.7 Å². The largest absolute Gasteiger partial charge is 0.491 e. The van der Waals surface area contributed by atoms with Crippen LogP contribution in [-0.2, 0) is 6.42 Å². The summed E-state index contributed by atoms with van der Waals surface area (Å²) in [6.45, 7) is 7.10. The Bertz CT molecular complexity index is 375. The van der Waals surface area contributed by atoms with Gasteiger partial charge in [0.15, 0.2) is 0 Å². The first-order chi connectivity index (χ1) is 9.19.